The summed E-state index contributed by atoms with van der Waals surface area (Å²) in [5, 5.41) is 3.69. The summed E-state index contributed by atoms with van der Waals surface area (Å²) in [6.45, 7) is 2.70. The average Bonchev–Trinajstić information content (AvgIpc) is 3.37. The number of nitrogens with zero attached hydrogens (tertiary/aromatic N) is 3. The normalized spacial score (nSPS) is 17.9. The van der Waals surface area contributed by atoms with Gasteiger partial charge < -0.3 is 15.0 Å². The fourth-order valence-electron chi connectivity index (χ4n) is 4.34. The van der Waals surface area contributed by atoms with Crippen LogP contribution in [0.25, 0.3) is 16.9 Å². The van der Waals surface area contributed by atoms with E-state index in [1.165, 1.54) is 12.8 Å². The Balaban J connectivity index is 1.55. The van der Waals surface area contributed by atoms with E-state index < -0.39 is 0 Å². The lowest BCUT2D eigenvalue weighted by Gasteiger charge is -2.29. The average molecular weight is 459 g/mol. The monoisotopic (exact) mass is 458 g/mol. The molecule has 0 radical (unpaired) electrons. The minimum Gasteiger partial charge on any atom is -0.378 e. The van der Waals surface area contributed by atoms with Crippen LogP contribution in [0.5, 0.6) is 0 Å². The molecular weight excluding hydrogens is 435 g/mol. The van der Waals surface area contributed by atoms with Crippen LogP contribution in [0.2, 0.25) is 0 Å². The van der Waals surface area contributed by atoms with Gasteiger partial charge in [0.15, 0.2) is 0 Å². The van der Waals surface area contributed by atoms with E-state index in [1.807, 2.05) is 35.4 Å². The minimum absolute atomic E-state index is 0.213. The molecule has 1 saturated carbocycles. The Morgan fingerprint density at radius 2 is 1.90 bits per heavy atom. The molecule has 7 heteroatoms. The molecule has 0 spiro atoms. The number of pyridine rings is 1. The molecular formula is C22H24BrFN4O. The number of imidazole rings is 1. The Hall–Kier alpha value is -2.12. The minimum atomic E-state index is -0.213. The van der Waals surface area contributed by atoms with E-state index in [2.05, 4.69) is 25.6 Å². The highest BCUT2D eigenvalue weighted by Crippen LogP contribution is 2.34. The molecule has 5 nitrogen and oxygen atoms in total. The van der Waals surface area contributed by atoms with Gasteiger partial charge in [0.1, 0.15) is 23.0 Å². The van der Waals surface area contributed by atoms with Gasteiger partial charge in [-0.3, -0.25) is 4.40 Å². The van der Waals surface area contributed by atoms with Crippen LogP contribution in [0.3, 0.4) is 0 Å². The predicted molar refractivity (Wildman–Crippen MR) is 117 cm³/mol. The Labute approximate surface area is 178 Å². The molecule has 0 unspecified atom stereocenters. The Bertz CT molecular complexity index is 1030. The van der Waals surface area contributed by atoms with E-state index >= 15 is 4.39 Å². The zero-order valence-electron chi connectivity index (χ0n) is 16.2. The number of rotatable bonds is 4. The number of anilines is 2. The highest BCUT2D eigenvalue weighted by atomic mass is 79.9. The molecule has 0 atom stereocenters. The summed E-state index contributed by atoms with van der Waals surface area (Å²) >= 11 is 3.56. The van der Waals surface area contributed by atoms with Crippen molar-refractivity contribution >= 4 is 33.1 Å². The van der Waals surface area contributed by atoms with E-state index in [0.29, 0.717) is 38.0 Å². The van der Waals surface area contributed by atoms with E-state index in [-0.39, 0.29) is 5.82 Å². The first-order chi connectivity index (χ1) is 14.2. The summed E-state index contributed by atoms with van der Waals surface area (Å²) in [6.07, 6.45) is 6.82. The molecule has 1 aromatic carbocycles. The molecule has 1 aliphatic heterocycles. The van der Waals surface area contributed by atoms with Gasteiger partial charge in [-0.15, -0.1) is 0 Å². The summed E-state index contributed by atoms with van der Waals surface area (Å²) < 4.78 is 23.5. The maximum atomic E-state index is 15.0. The number of ether oxygens (including phenoxy) is 1. The number of fused-ring (bicyclic) bond motifs is 1. The van der Waals surface area contributed by atoms with Gasteiger partial charge in [0, 0.05) is 35.4 Å². The van der Waals surface area contributed by atoms with Crippen molar-refractivity contribution in [3.63, 3.8) is 0 Å². The lowest BCUT2D eigenvalue weighted by atomic mass is 10.1. The summed E-state index contributed by atoms with van der Waals surface area (Å²) in [5.74, 6) is 0.723. The van der Waals surface area contributed by atoms with Gasteiger partial charge in [-0.1, -0.05) is 18.9 Å². The Morgan fingerprint density at radius 1 is 1.10 bits per heavy atom. The van der Waals surface area contributed by atoms with Crippen LogP contribution in [-0.2, 0) is 4.74 Å². The van der Waals surface area contributed by atoms with Crippen LogP contribution in [0.4, 0.5) is 15.9 Å². The third kappa shape index (κ3) is 3.73. The highest BCUT2D eigenvalue weighted by molar-refractivity contribution is 9.10. The van der Waals surface area contributed by atoms with E-state index in [4.69, 9.17) is 9.72 Å². The molecule has 3 heterocycles. The van der Waals surface area contributed by atoms with Crippen molar-refractivity contribution in [2.45, 2.75) is 31.7 Å². The maximum Gasteiger partial charge on any atom is 0.147 e. The quantitative estimate of drug-likeness (QED) is 0.590. The van der Waals surface area contributed by atoms with Gasteiger partial charge in [-0.25, -0.2) is 9.37 Å². The second-order valence-electron chi connectivity index (χ2n) is 7.78. The van der Waals surface area contributed by atoms with Crippen molar-refractivity contribution in [3.05, 3.63) is 46.8 Å². The molecule has 1 aliphatic carbocycles. The van der Waals surface area contributed by atoms with Gasteiger partial charge in [-0.2, -0.15) is 0 Å². The maximum absolute atomic E-state index is 15.0. The van der Waals surface area contributed by atoms with Gasteiger partial charge in [0.25, 0.3) is 0 Å². The molecule has 29 heavy (non-hydrogen) atoms. The number of nitrogens with one attached hydrogen (secondary N) is 1. The van der Waals surface area contributed by atoms with Crippen LogP contribution >= 0.6 is 15.9 Å². The molecule has 2 aromatic heterocycles. The molecule has 152 valence electrons. The van der Waals surface area contributed by atoms with Crippen molar-refractivity contribution in [1.29, 1.82) is 0 Å². The molecule has 1 saturated heterocycles. The number of aromatic nitrogens is 2. The van der Waals surface area contributed by atoms with Crippen LogP contribution in [0, 0.1) is 5.82 Å². The van der Waals surface area contributed by atoms with Crippen molar-refractivity contribution in [2.24, 2.45) is 0 Å². The number of morpholine rings is 1. The molecule has 5 rings (SSSR count). The SMILES string of the molecule is Fc1cc(-c2nc3ccc(Br)cn3c2NC2CCCC2)ccc1N1CCOCC1. The summed E-state index contributed by atoms with van der Waals surface area (Å²) in [4.78, 5) is 6.87. The van der Waals surface area contributed by atoms with Gasteiger partial charge in [-0.05, 0) is 53.0 Å². The Kier molecular flexibility index (Phi) is 5.18. The van der Waals surface area contributed by atoms with E-state index in [9.17, 15) is 0 Å². The van der Waals surface area contributed by atoms with Crippen LogP contribution < -0.4 is 10.2 Å². The number of benzene rings is 1. The van der Waals surface area contributed by atoms with Crippen molar-refractivity contribution in [1.82, 2.24) is 9.38 Å². The number of halogens is 2. The molecule has 2 aliphatic rings. The smallest absolute Gasteiger partial charge is 0.147 e. The van der Waals surface area contributed by atoms with Crippen LogP contribution in [0.1, 0.15) is 25.7 Å². The lowest BCUT2D eigenvalue weighted by molar-refractivity contribution is 0.122. The van der Waals surface area contributed by atoms with Crippen LogP contribution in [0.15, 0.2) is 41.0 Å². The number of hydrogen-bond acceptors (Lipinski definition) is 4. The van der Waals surface area contributed by atoms with Gasteiger partial charge in [0.05, 0.1) is 18.9 Å². The van der Waals surface area contributed by atoms with Gasteiger partial charge in [0.2, 0.25) is 0 Å². The van der Waals surface area contributed by atoms with E-state index in [1.54, 1.807) is 6.07 Å². The van der Waals surface area contributed by atoms with Gasteiger partial charge >= 0.3 is 0 Å². The molecule has 3 aromatic rings. The first kappa shape index (κ1) is 18.9. The third-order valence-electron chi connectivity index (χ3n) is 5.85. The molecule has 0 amide bonds. The summed E-state index contributed by atoms with van der Waals surface area (Å²) in [5.41, 5.74) is 3.07. The first-order valence-corrected chi connectivity index (χ1v) is 11.0. The third-order valence-corrected chi connectivity index (χ3v) is 6.32. The van der Waals surface area contributed by atoms with Crippen molar-refractivity contribution in [3.8, 4) is 11.3 Å². The van der Waals surface area contributed by atoms with Crippen molar-refractivity contribution < 1.29 is 9.13 Å². The topological polar surface area (TPSA) is 41.8 Å². The second-order valence-corrected chi connectivity index (χ2v) is 8.69. The zero-order chi connectivity index (χ0) is 19.8. The first-order valence-electron chi connectivity index (χ1n) is 10.3. The molecule has 2 fully saturated rings. The fraction of sp³-hybridized carbons (Fsp3) is 0.409. The highest BCUT2D eigenvalue weighted by Gasteiger charge is 2.22. The standard InChI is InChI=1S/C22H24BrFN4O/c23-16-6-8-20-26-21(22(28(20)14-16)25-17-3-1-2-4-17)15-5-7-19(18(24)13-15)27-9-11-29-12-10-27/h5-8,13-14,17,25H,1-4,9-12H2. The number of hydrogen-bond donors (Lipinski definition) is 1. The fourth-order valence-corrected chi connectivity index (χ4v) is 4.67. The second kappa shape index (κ2) is 7.95. The van der Waals surface area contributed by atoms with E-state index in [0.717, 1.165) is 40.0 Å². The lowest BCUT2D eigenvalue weighted by Crippen LogP contribution is -2.36. The Morgan fingerprint density at radius 3 is 2.66 bits per heavy atom. The van der Waals surface area contributed by atoms with Crippen molar-refractivity contribution in [2.75, 3.05) is 36.5 Å². The largest absolute Gasteiger partial charge is 0.378 e. The van der Waals surface area contributed by atoms with Crippen LogP contribution in [-0.4, -0.2) is 41.7 Å². The predicted octanol–water partition coefficient (Wildman–Crippen LogP) is 5.09. The zero-order valence-corrected chi connectivity index (χ0v) is 17.8. The molecule has 0 bridgehead atoms. The molecule has 1 N–H and O–H groups in total. The summed E-state index contributed by atoms with van der Waals surface area (Å²) in [7, 11) is 0. The summed E-state index contributed by atoms with van der Waals surface area (Å²) in [6, 6.07) is 9.85.